The number of carboxylic acid groups (broad SMARTS) is 2. The Morgan fingerprint density at radius 3 is 2.44 bits per heavy atom. The highest BCUT2D eigenvalue weighted by molar-refractivity contribution is 5.94. The molecule has 0 spiro atoms. The topological polar surface area (TPSA) is 142 Å². The van der Waals surface area contributed by atoms with Gasteiger partial charge in [-0.25, -0.2) is 4.79 Å². The van der Waals surface area contributed by atoms with Crippen LogP contribution < -0.4 is 10.1 Å². The summed E-state index contributed by atoms with van der Waals surface area (Å²) in [5.74, 6) is -3.14. The molecule has 0 saturated heterocycles. The molecule has 0 aliphatic heterocycles. The molecule has 4 N–H and O–H groups in total. The molecule has 9 heteroatoms. The first-order valence-electron chi connectivity index (χ1n) is 10.4. The predicted octanol–water partition coefficient (Wildman–Crippen LogP) is 3.39. The number of rotatable bonds is 9. The smallest absolute Gasteiger partial charge is 0.366 e. The molecule has 1 amide bonds. The molecule has 2 aromatic heterocycles. The molecular formula is C25H21N3O6. The second-order valence-corrected chi connectivity index (χ2v) is 7.54. The van der Waals surface area contributed by atoms with Crippen LogP contribution in [0.1, 0.15) is 34.0 Å². The number of nitrogens with zero attached hydrogens (tertiary/aromatic N) is 1. The van der Waals surface area contributed by atoms with Crippen molar-refractivity contribution >= 4 is 28.7 Å². The van der Waals surface area contributed by atoms with Crippen LogP contribution in [0.2, 0.25) is 0 Å². The van der Waals surface area contributed by atoms with E-state index in [0.29, 0.717) is 5.52 Å². The molecule has 2 heterocycles. The second kappa shape index (κ2) is 9.86. The Hall–Kier alpha value is -4.66. The molecule has 0 fully saturated rings. The number of H-pyrrole nitrogens is 1. The first-order valence-corrected chi connectivity index (χ1v) is 10.4. The number of aromatic nitrogens is 2. The Balaban J connectivity index is 1.58. The summed E-state index contributed by atoms with van der Waals surface area (Å²) in [6, 6.07) is 19.0. The van der Waals surface area contributed by atoms with E-state index in [1.807, 2.05) is 30.3 Å². The number of pyridine rings is 1. The van der Waals surface area contributed by atoms with Gasteiger partial charge in [-0.05, 0) is 35.4 Å². The summed E-state index contributed by atoms with van der Waals surface area (Å²) < 4.78 is 5.52. The van der Waals surface area contributed by atoms with Crippen LogP contribution in [0, 0.1) is 0 Å². The summed E-state index contributed by atoms with van der Waals surface area (Å²) in [5, 5.41) is 22.0. The summed E-state index contributed by atoms with van der Waals surface area (Å²) in [6.45, 7) is 0. The minimum Gasteiger partial charge on any atom is -0.481 e. The zero-order chi connectivity index (χ0) is 24.1. The van der Waals surface area contributed by atoms with Crippen molar-refractivity contribution in [2.24, 2.45) is 0 Å². The fourth-order valence-electron chi connectivity index (χ4n) is 3.72. The van der Waals surface area contributed by atoms with Crippen LogP contribution in [0.25, 0.3) is 10.9 Å². The number of nitrogens with one attached hydrogen (secondary N) is 2. The molecule has 0 radical (unpaired) electrons. The SMILES string of the molecule is O=C(O)CC(c1ccccc1)c1c[nH]c2cc(OC(NC(=O)c3ccccn3)C(=O)O)ccc12. The van der Waals surface area contributed by atoms with E-state index in [4.69, 9.17) is 4.74 Å². The van der Waals surface area contributed by atoms with Gasteiger partial charge in [-0.15, -0.1) is 0 Å². The number of carbonyl (C=O) groups excluding carboxylic acids is 1. The Bertz CT molecular complexity index is 1320. The average molecular weight is 459 g/mol. The first kappa shape index (κ1) is 22.5. The number of fused-ring (bicyclic) bond motifs is 1. The van der Waals surface area contributed by atoms with Gasteiger partial charge < -0.3 is 25.3 Å². The van der Waals surface area contributed by atoms with E-state index >= 15 is 0 Å². The van der Waals surface area contributed by atoms with Crippen LogP contribution in [0.5, 0.6) is 5.75 Å². The van der Waals surface area contributed by atoms with Crippen molar-refractivity contribution in [2.75, 3.05) is 0 Å². The standard InChI is InChI=1S/C25H21N3O6/c29-22(30)13-18(15-6-2-1-3-7-15)19-14-27-21-12-16(9-10-17(19)21)34-24(25(32)33)28-23(31)20-8-4-5-11-26-20/h1-12,14,18,24,27H,13H2,(H,28,31)(H,29,30)(H,32,33). The number of ether oxygens (including phenoxy) is 1. The van der Waals surface area contributed by atoms with Crippen LogP contribution in [-0.4, -0.2) is 44.3 Å². The highest BCUT2D eigenvalue weighted by Gasteiger charge is 2.24. The minimum atomic E-state index is -1.63. The number of hydrogen-bond acceptors (Lipinski definition) is 5. The average Bonchev–Trinajstić information content (AvgIpc) is 3.26. The lowest BCUT2D eigenvalue weighted by molar-refractivity contribution is -0.146. The van der Waals surface area contributed by atoms with Crippen molar-refractivity contribution in [3.63, 3.8) is 0 Å². The lowest BCUT2D eigenvalue weighted by Crippen LogP contribution is -2.45. The van der Waals surface area contributed by atoms with Crippen molar-refractivity contribution in [3.8, 4) is 5.75 Å². The molecule has 34 heavy (non-hydrogen) atoms. The maximum absolute atomic E-state index is 12.3. The molecule has 2 atom stereocenters. The minimum absolute atomic E-state index is 0.0622. The van der Waals surface area contributed by atoms with Gasteiger partial charge in [0, 0.05) is 35.3 Å². The zero-order valence-corrected chi connectivity index (χ0v) is 17.8. The molecule has 4 aromatic rings. The molecule has 2 aromatic carbocycles. The molecule has 0 aliphatic rings. The molecule has 9 nitrogen and oxygen atoms in total. The zero-order valence-electron chi connectivity index (χ0n) is 17.8. The first-order chi connectivity index (χ1) is 16.4. The van der Waals surface area contributed by atoms with Gasteiger partial charge in [0.1, 0.15) is 11.4 Å². The molecule has 0 aliphatic carbocycles. The van der Waals surface area contributed by atoms with Gasteiger partial charge in [-0.2, -0.15) is 0 Å². The highest BCUT2D eigenvalue weighted by atomic mass is 16.5. The van der Waals surface area contributed by atoms with E-state index in [2.05, 4.69) is 15.3 Å². The van der Waals surface area contributed by atoms with E-state index < -0.39 is 24.1 Å². The van der Waals surface area contributed by atoms with Crippen LogP contribution in [0.3, 0.4) is 0 Å². The van der Waals surface area contributed by atoms with Gasteiger partial charge in [-0.3, -0.25) is 14.6 Å². The number of hydrogen-bond donors (Lipinski definition) is 4. The predicted molar refractivity (Wildman–Crippen MR) is 123 cm³/mol. The van der Waals surface area contributed by atoms with E-state index in [9.17, 15) is 24.6 Å². The molecule has 0 bridgehead atoms. The number of carboxylic acids is 2. The molecule has 172 valence electrons. The molecule has 0 saturated carbocycles. The normalized spacial score (nSPS) is 12.6. The van der Waals surface area contributed by atoms with Gasteiger partial charge in [0.2, 0.25) is 0 Å². The van der Waals surface area contributed by atoms with Crippen LogP contribution in [0.15, 0.2) is 79.1 Å². The Labute approximate surface area is 194 Å². The molecule has 4 rings (SSSR count). The van der Waals surface area contributed by atoms with Gasteiger partial charge >= 0.3 is 11.9 Å². The van der Waals surface area contributed by atoms with E-state index in [0.717, 1.165) is 16.5 Å². The van der Waals surface area contributed by atoms with Crippen molar-refractivity contribution in [1.29, 1.82) is 0 Å². The third-order valence-electron chi connectivity index (χ3n) is 5.28. The van der Waals surface area contributed by atoms with Crippen LogP contribution >= 0.6 is 0 Å². The summed E-state index contributed by atoms with van der Waals surface area (Å²) in [4.78, 5) is 42.5. The Morgan fingerprint density at radius 1 is 1.00 bits per heavy atom. The number of benzene rings is 2. The fraction of sp³-hybridized carbons (Fsp3) is 0.120. The Kier molecular flexibility index (Phi) is 6.54. The highest BCUT2D eigenvalue weighted by Crippen LogP contribution is 2.34. The van der Waals surface area contributed by atoms with Crippen molar-refractivity contribution in [1.82, 2.24) is 15.3 Å². The maximum atomic E-state index is 12.3. The van der Waals surface area contributed by atoms with Gasteiger partial charge in [-0.1, -0.05) is 36.4 Å². The summed E-state index contributed by atoms with van der Waals surface area (Å²) in [6.07, 6.45) is 1.45. The second-order valence-electron chi connectivity index (χ2n) is 7.54. The fourth-order valence-corrected chi connectivity index (χ4v) is 3.72. The van der Waals surface area contributed by atoms with Gasteiger partial charge in [0.05, 0.1) is 6.42 Å². The number of amides is 1. The van der Waals surface area contributed by atoms with Crippen LogP contribution in [0.4, 0.5) is 0 Å². The van der Waals surface area contributed by atoms with Gasteiger partial charge in [0.15, 0.2) is 0 Å². The quantitative estimate of drug-likeness (QED) is 0.281. The molecule has 2 unspecified atom stereocenters. The summed E-state index contributed by atoms with van der Waals surface area (Å²) >= 11 is 0. The van der Waals surface area contributed by atoms with E-state index in [-0.39, 0.29) is 23.8 Å². The largest absolute Gasteiger partial charge is 0.481 e. The van der Waals surface area contributed by atoms with Gasteiger partial charge in [0.25, 0.3) is 12.1 Å². The number of aromatic amines is 1. The van der Waals surface area contributed by atoms with E-state index in [1.54, 1.807) is 36.5 Å². The lowest BCUT2D eigenvalue weighted by atomic mass is 9.88. The van der Waals surface area contributed by atoms with Crippen molar-refractivity contribution in [3.05, 3.63) is 95.9 Å². The Morgan fingerprint density at radius 2 is 1.76 bits per heavy atom. The monoisotopic (exact) mass is 459 g/mol. The summed E-state index contributed by atoms with van der Waals surface area (Å²) in [7, 11) is 0. The van der Waals surface area contributed by atoms with E-state index in [1.165, 1.54) is 12.3 Å². The number of aliphatic carboxylic acids is 2. The number of carbonyl (C=O) groups is 3. The van der Waals surface area contributed by atoms with Crippen LogP contribution in [-0.2, 0) is 9.59 Å². The third kappa shape index (κ3) is 5.04. The van der Waals surface area contributed by atoms with Crippen molar-refractivity contribution < 1.29 is 29.3 Å². The van der Waals surface area contributed by atoms with Crippen molar-refractivity contribution in [2.45, 2.75) is 18.6 Å². The molecular weight excluding hydrogens is 438 g/mol. The summed E-state index contributed by atoms with van der Waals surface area (Å²) in [5.41, 5.74) is 2.37. The lowest BCUT2D eigenvalue weighted by Gasteiger charge is -2.17. The third-order valence-corrected chi connectivity index (χ3v) is 5.28. The maximum Gasteiger partial charge on any atom is 0.366 e.